The van der Waals surface area contributed by atoms with Crippen molar-refractivity contribution >= 4 is 0 Å². The number of rotatable bonds is 6. The van der Waals surface area contributed by atoms with Crippen LogP contribution in [-0.4, -0.2) is 32.3 Å². The Morgan fingerprint density at radius 2 is 1.72 bits per heavy atom. The minimum atomic E-state index is -0.187. The minimum Gasteiger partial charge on any atom is -0.299 e. The molecule has 0 N–H and O–H groups in total. The molecule has 1 aromatic heterocycles. The van der Waals surface area contributed by atoms with Gasteiger partial charge in [-0.05, 0) is 56.1 Å². The quantitative estimate of drug-likeness (QED) is 0.641. The van der Waals surface area contributed by atoms with E-state index in [1.807, 2.05) is 47.9 Å². The highest BCUT2D eigenvalue weighted by Crippen LogP contribution is 2.27. The normalized spacial score (nSPS) is 15.7. The standard InChI is InChI=1S/C23H27FN4O/c1-2-27-22(25-28(23(27)29)17-18-7-4-3-5-8-18)20-11-13-26(14-12-20)16-19-9-6-10-21(24)15-19/h3-10,15,20H,2,11-14,16-17H2,1H3. The number of hydrogen-bond acceptors (Lipinski definition) is 3. The molecule has 5 nitrogen and oxygen atoms in total. The second-order valence-electron chi connectivity index (χ2n) is 7.71. The van der Waals surface area contributed by atoms with Crippen LogP contribution in [0.25, 0.3) is 0 Å². The lowest BCUT2D eigenvalue weighted by Crippen LogP contribution is -2.33. The average molecular weight is 394 g/mol. The number of aromatic nitrogens is 3. The van der Waals surface area contributed by atoms with E-state index >= 15 is 0 Å². The van der Waals surface area contributed by atoms with Crippen LogP contribution in [0, 0.1) is 5.82 Å². The first kappa shape index (κ1) is 19.6. The Bertz CT molecular complexity index is 1000. The highest BCUT2D eigenvalue weighted by Gasteiger charge is 2.26. The first-order valence-corrected chi connectivity index (χ1v) is 10.3. The molecule has 1 fully saturated rings. The van der Waals surface area contributed by atoms with E-state index in [2.05, 4.69) is 4.90 Å². The Hall–Kier alpha value is -2.73. The summed E-state index contributed by atoms with van der Waals surface area (Å²) in [4.78, 5) is 15.2. The molecule has 1 saturated heterocycles. The van der Waals surface area contributed by atoms with Gasteiger partial charge in [0.15, 0.2) is 0 Å². The summed E-state index contributed by atoms with van der Waals surface area (Å²) in [6, 6.07) is 16.8. The fourth-order valence-corrected chi connectivity index (χ4v) is 4.16. The van der Waals surface area contributed by atoms with Crippen LogP contribution in [0.3, 0.4) is 0 Å². The van der Waals surface area contributed by atoms with Gasteiger partial charge in [-0.3, -0.25) is 9.47 Å². The Kier molecular flexibility index (Phi) is 5.90. The maximum Gasteiger partial charge on any atom is 0.346 e. The van der Waals surface area contributed by atoms with Crippen molar-refractivity contribution in [3.8, 4) is 0 Å². The summed E-state index contributed by atoms with van der Waals surface area (Å²) in [5, 5.41) is 4.72. The number of likely N-dealkylation sites (tertiary alicyclic amines) is 1. The van der Waals surface area contributed by atoms with Crippen LogP contribution >= 0.6 is 0 Å². The fourth-order valence-electron chi connectivity index (χ4n) is 4.16. The molecule has 1 aliphatic heterocycles. The largest absolute Gasteiger partial charge is 0.346 e. The molecule has 0 saturated carbocycles. The summed E-state index contributed by atoms with van der Waals surface area (Å²) in [7, 11) is 0. The molecule has 0 bridgehead atoms. The molecule has 3 aromatic rings. The number of hydrogen-bond donors (Lipinski definition) is 0. The molecule has 0 atom stereocenters. The van der Waals surface area contributed by atoms with Crippen LogP contribution in [0.5, 0.6) is 0 Å². The maximum absolute atomic E-state index is 13.4. The topological polar surface area (TPSA) is 43.1 Å². The Labute approximate surface area is 170 Å². The summed E-state index contributed by atoms with van der Waals surface area (Å²) in [6.45, 7) is 5.73. The maximum atomic E-state index is 13.4. The van der Waals surface area contributed by atoms with E-state index in [1.165, 1.54) is 6.07 Å². The van der Waals surface area contributed by atoms with E-state index in [9.17, 15) is 9.18 Å². The molecule has 0 amide bonds. The van der Waals surface area contributed by atoms with E-state index in [0.717, 1.165) is 49.4 Å². The number of halogens is 1. The molecule has 6 heteroatoms. The zero-order chi connectivity index (χ0) is 20.2. The fraction of sp³-hybridized carbons (Fsp3) is 0.391. The van der Waals surface area contributed by atoms with Crippen molar-refractivity contribution < 1.29 is 4.39 Å². The second kappa shape index (κ2) is 8.74. The summed E-state index contributed by atoms with van der Waals surface area (Å²) in [5.74, 6) is 0.996. The number of piperidine rings is 1. The van der Waals surface area contributed by atoms with Gasteiger partial charge in [-0.25, -0.2) is 13.9 Å². The van der Waals surface area contributed by atoms with Gasteiger partial charge in [-0.15, -0.1) is 0 Å². The van der Waals surface area contributed by atoms with Gasteiger partial charge < -0.3 is 0 Å². The van der Waals surface area contributed by atoms with Crippen molar-refractivity contribution in [2.45, 2.75) is 45.3 Å². The van der Waals surface area contributed by atoms with Crippen molar-refractivity contribution in [2.75, 3.05) is 13.1 Å². The third-order valence-corrected chi connectivity index (χ3v) is 5.69. The summed E-state index contributed by atoms with van der Waals surface area (Å²) < 4.78 is 16.8. The lowest BCUT2D eigenvalue weighted by Gasteiger charge is -2.31. The lowest BCUT2D eigenvalue weighted by atomic mass is 9.95. The van der Waals surface area contributed by atoms with Crippen molar-refractivity contribution in [1.29, 1.82) is 0 Å². The molecule has 4 rings (SSSR count). The molecule has 0 aliphatic carbocycles. The summed E-state index contributed by atoms with van der Waals surface area (Å²) in [5.41, 5.74) is 2.04. The van der Waals surface area contributed by atoms with Crippen molar-refractivity contribution in [3.63, 3.8) is 0 Å². The van der Waals surface area contributed by atoms with Crippen LogP contribution in [0.4, 0.5) is 4.39 Å². The zero-order valence-corrected chi connectivity index (χ0v) is 16.8. The molecule has 0 unspecified atom stereocenters. The third kappa shape index (κ3) is 4.48. The average Bonchev–Trinajstić information content (AvgIpc) is 3.05. The predicted octanol–water partition coefficient (Wildman–Crippen LogP) is 3.63. The molecule has 152 valence electrons. The van der Waals surface area contributed by atoms with Gasteiger partial charge in [-0.2, -0.15) is 5.10 Å². The second-order valence-corrected chi connectivity index (χ2v) is 7.71. The molecular formula is C23H27FN4O. The van der Waals surface area contributed by atoms with Gasteiger partial charge >= 0.3 is 5.69 Å². The van der Waals surface area contributed by atoms with Gasteiger partial charge in [0.2, 0.25) is 0 Å². The van der Waals surface area contributed by atoms with Crippen LogP contribution in [0.2, 0.25) is 0 Å². The van der Waals surface area contributed by atoms with Crippen LogP contribution in [0.15, 0.2) is 59.4 Å². The van der Waals surface area contributed by atoms with Crippen LogP contribution < -0.4 is 5.69 Å². The molecule has 1 aliphatic rings. The highest BCUT2D eigenvalue weighted by atomic mass is 19.1. The Morgan fingerprint density at radius 3 is 2.41 bits per heavy atom. The smallest absolute Gasteiger partial charge is 0.299 e. The molecule has 0 spiro atoms. The van der Waals surface area contributed by atoms with Crippen molar-refractivity contribution in [2.24, 2.45) is 0 Å². The molecule has 29 heavy (non-hydrogen) atoms. The van der Waals surface area contributed by atoms with E-state index in [1.54, 1.807) is 16.8 Å². The number of nitrogens with zero attached hydrogens (tertiary/aromatic N) is 4. The van der Waals surface area contributed by atoms with Crippen LogP contribution in [-0.2, 0) is 19.6 Å². The summed E-state index contributed by atoms with van der Waals surface area (Å²) in [6.07, 6.45) is 1.91. The minimum absolute atomic E-state index is 0.0338. The zero-order valence-electron chi connectivity index (χ0n) is 16.8. The molecule has 2 heterocycles. The molecule has 0 radical (unpaired) electrons. The lowest BCUT2D eigenvalue weighted by molar-refractivity contribution is 0.199. The Morgan fingerprint density at radius 1 is 1.00 bits per heavy atom. The monoisotopic (exact) mass is 394 g/mol. The first-order valence-electron chi connectivity index (χ1n) is 10.3. The number of benzene rings is 2. The van der Waals surface area contributed by atoms with Gasteiger partial charge in [0.05, 0.1) is 6.54 Å². The van der Waals surface area contributed by atoms with Gasteiger partial charge in [-0.1, -0.05) is 42.5 Å². The van der Waals surface area contributed by atoms with Crippen molar-refractivity contribution in [3.05, 3.63) is 87.9 Å². The van der Waals surface area contributed by atoms with Crippen molar-refractivity contribution in [1.82, 2.24) is 19.2 Å². The highest BCUT2D eigenvalue weighted by molar-refractivity contribution is 5.17. The molecular weight excluding hydrogens is 367 g/mol. The van der Waals surface area contributed by atoms with E-state index < -0.39 is 0 Å². The first-order chi connectivity index (χ1) is 14.1. The third-order valence-electron chi connectivity index (χ3n) is 5.69. The Balaban J connectivity index is 1.45. The SMILES string of the molecule is CCn1c(C2CCN(Cc3cccc(F)c3)CC2)nn(Cc2ccccc2)c1=O. The summed E-state index contributed by atoms with van der Waals surface area (Å²) >= 11 is 0. The van der Waals surface area contributed by atoms with E-state index in [0.29, 0.717) is 13.1 Å². The van der Waals surface area contributed by atoms with Gasteiger partial charge in [0.1, 0.15) is 11.6 Å². The van der Waals surface area contributed by atoms with E-state index in [4.69, 9.17) is 5.10 Å². The predicted molar refractivity (Wildman–Crippen MR) is 111 cm³/mol. The van der Waals surface area contributed by atoms with Gasteiger partial charge in [0, 0.05) is 19.0 Å². The van der Waals surface area contributed by atoms with Gasteiger partial charge in [0.25, 0.3) is 0 Å². The molecule has 2 aromatic carbocycles. The van der Waals surface area contributed by atoms with Crippen LogP contribution in [0.1, 0.15) is 42.6 Å². The van der Waals surface area contributed by atoms with E-state index in [-0.39, 0.29) is 17.4 Å².